The van der Waals surface area contributed by atoms with Crippen molar-refractivity contribution in [1.29, 1.82) is 0 Å². The van der Waals surface area contributed by atoms with E-state index >= 15 is 0 Å². The smallest absolute Gasteiger partial charge is 0.223 e. The second kappa shape index (κ2) is 8.21. The second-order valence-corrected chi connectivity index (χ2v) is 5.91. The summed E-state index contributed by atoms with van der Waals surface area (Å²) in [4.78, 5) is 20.6. The predicted molar refractivity (Wildman–Crippen MR) is 93.7 cm³/mol. The third-order valence-electron chi connectivity index (χ3n) is 3.24. The molecule has 0 fully saturated rings. The van der Waals surface area contributed by atoms with Gasteiger partial charge in [-0.1, -0.05) is 24.3 Å². The molecule has 0 aliphatic heterocycles. The zero-order valence-corrected chi connectivity index (χ0v) is 13.8. The highest BCUT2D eigenvalue weighted by Crippen LogP contribution is 2.21. The number of rotatable bonds is 7. The van der Waals surface area contributed by atoms with E-state index in [9.17, 15) is 4.79 Å². The monoisotopic (exact) mass is 339 g/mol. The van der Waals surface area contributed by atoms with E-state index in [-0.39, 0.29) is 5.91 Å². The molecule has 0 aliphatic rings. The zero-order valence-electron chi connectivity index (χ0n) is 13.0. The average Bonchev–Trinajstić information content (AvgIpc) is 3.11. The molecule has 3 aromatic rings. The quantitative estimate of drug-likeness (QED) is 0.717. The molecule has 0 saturated carbocycles. The van der Waals surface area contributed by atoms with E-state index < -0.39 is 0 Å². The highest BCUT2D eigenvalue weighted by Gasteiger charge is 2.07. The Balaban J connectivity index is 1.42. The Labute approximate surface area is 144 Å². The average molecular weight is 339 g/mol. The molecule has 0 spiro atoms. The Morgan fingerprint density at radius 3 is 2.75 bits per heavy atom. The summed E-state index contributed by atoms with van der Waals surface area (Å²) in [5.74, 6) is 0.711. The summed E-state index contributed by atoms with van der Waals surface area (Å²) >= 11 is 1.52. The molecule has 6 heteroatoms. The van der Waals surface area contributed by atoms with Crippen molar-refractivity contribution in [3.8, 4) is 16.5 Å². The number of ether oxygens (including phenoxy) is 1. The van der Waals surface area contributed by atoms with Crippen LogP contribution in [0.3, 0.4) is 0 Å². The normalized spacial score (nSPS) is 10.3. The molecular formula is C18H17N3O2S. The molecule has 1 amide bonds. The van der Waals surface area contributed by atoms with E-state index in [1.54, 1.807) is 6.20 Å². The number of hydrogen-bond donors (Lipinski definition) is 1. The Morgan fingerprint density at radius 2 is 1.96 bits per heavy atom. The van der Waals surface area contributed by atoms with Crippen LogP contribution in [0.15, 0.2) is 60.1 Å². The number of amides is 1. The molecule has 2 heterocycles. The molecule has 1 aromatic carbocycles. The number of hydrogen-bond acceptors (Lipinski definition) is 5. The minimum absolute atomic E-state index is 0.0571. The van der Waals surface area contributed by atoms with Gasteiger partial charge in [0.15, 0.2) is 0 Å². The summed E-state index contributed by atoms with van der Waals surface area (Å²) in [5, 5.41) is 5.64. The fraction of sp³-hybridized carbons (Fsp3) is 0.167. The van der Waals surface area contributed by atoms with Gasteiger partial charge in [-0.3, -0.25) is 9.78 Å². The summed E-state index contributed by atoms with van der Waals surface area (Å²) in [5.41, 5.74) is 1.68. The van der Waals surface area contributed by atoms with Gasteiger partial charge in [0.25, 0.3) is 0 Å². The Kier molecular flexibility index (Phi) is 5.52. The minimum Gasteiger partial charge on any atom is -0.493 e. The van der Waals surface area contributed by atoms with Gasteiger partial charge in [0.2, 0.25) is 5.91 Å². The van der Waals surface area contributed by atoms with Crippen LogP contribution in [0, 0.1) is 0 Å². The summed E-state index contributed by atoms with van der Waals surface area (Å²) < 4.78 is 5.51. The number of thiazole rings is 1. The van der Waals surface area contributed by atoms with Crippen LogP contribution < -0.4 is 10.1 Å². The van der Waals surface area contributed by atoms with Crippen molar-refractivity contribution in [3.63, 3.8) is 0 Å². The van der Waals surface area contributed by atoms with Gasteiger partial charge in [-0.2, -0.15) is 0 Å². The third-order valence-corrected chi connectivity index (χ3v) is 4.16. The number of carbonyl (C=O) groups excluding carboxylic acids is 1. The third kappa shape index (κ3) is 4.63. The molecule has 0 atom stereocenters. The Hall–Kier alpha value is -2.73. The van der Waals surface area contributed by atoms with Gasteiger partial charge >= 0.3 is 0 Å². The predicted octanol–water partition coefficient (Wildman–Crippen LogP) is 3.29. The van der Waals surface area contributed by atoms with Gasteiger partial charge in [0.05, 0.1) is 31.0 Å². The fourth-order valence-electron chi connectivity index (χ4n) is 2.05. The van der Waals surface area contributed by atoms with Crippen LogP contribution in [0.4, 0.5) is 0 Å². The molecule has 24 heavy (non-hydrogen) atoms. The molecule has 3 rings (SSSR count). The van der Waals surface area contributed by atoms with Crippen molar-refractivity contribution in [1.82, 2.24) is 15.3 Å². The SMILES string of the molecule is O=C(CCOc1ccccc1)NCc1csc(-c2ccccn2)n1. The number of pyridine rings is 1. The molecular weight excluding hydrogens is 322 g/mol. The number of nitrogens with zero attached hydrogens (tertiary/aromatic N) is 2. The summed E-state index contributed by atoms with van der Waals surface area (Å²) in [6.45, 7) is 0.763. The van der Waals surface area contributed by atoms with E-state index in [0.29, 0.717) is 19.6 Å². The van der Waals surface area contributed by atoms with Crippen molar-refractivity contribution < 1.29 is 9.53 Å². The lowest BCUT2D eigenvalue weighted by Gasteiger charge is -2.06. The number of aromatic nitrogens is 2. The highest BCUT2D eigenvalue weighted by atomic mass is 32.1. The van der Waals surface area contributed by atoms with Gasteiger partial charge in [-0.15, -0.1) is 11.3 Å². The maximum absolute atomic E-state index is 11.9. The van der Waals surface area contributed by atoms with E-state index in [1.807, 2.05) is 53.9 Å². The molecule has 0 bridgehead atoms. The molecule has 1 N–H and O–H groups in total. The van der Waals surface area contributed by atoms with Crippen molar-refractivity contribution in [2.75, 3.05) is 6.61 Å². The molecule has 0 radical (unpaired) electrons. The molecule has 5 nitrogen and oxygen atoms in total. The first kappa shape index (κ1) is 16.1. The molecule has 0 unspecified atom stereocenters. The largest absolute Gasteiger partial charge is 0.493 e. The van der Waals surface area contributed by atoms with Crippen LogP contribution in [0.25, 0.3) is 10.7 Å². The molecule has 0 aliphatic carbocycles. The van der Waals surface area contributed by atoms with Crippen LogP contribution in [-0.4, -0.2) is 22.5 Å². The maximum Gasteiger partial charge on any atom is 0.223 e. The summed E-state index contributed by atoms with van der Waals surface area (Å²) in [7, 11) is 0. The van der Waals surface area contributed by atoms with Gasteiger partial charge in [0.1, 0.15) is 10.8 Å². The lowest BCUT2D eigenvalue weighted by molar-refractivity contribution is -0.121. The zero-order chi connectivity index (χ0) is 16.6. The van der Waals surface area contributed by atoms with Gasteiger partial charge in [-0.05, 0) is 24.3 Å². The van der Waals surface area contributed by atoms with E-state index in [0.717, 1.165) is 22.1 Å². The molecule has 122 valence electrons. The van der Waals surface area contributed by atoms with Crippen LogP contribution in [0.5, 0.6) is 5.75 Å². The van der Waals surface area contributed by atoms with Crippen LogP contribution in [-0.2, 0) is 11.3 Å². The first-order chi connectivity index (χ1) is 11.8. The van der Waals surface area contributed by atoms with Crippen LogP contribution >= 0.6 is 11.3 Å². The number of carbonyl (C=O) groups is 1. The number of benzene rings is 1. The maximum atomic E-state index is 11.9. The number of nitrogens with one attached hydrogen (secondary N) is 1. The standard InChI is InChI=1S/C18H17N3O2S/c22-17(9-11-23-15-6-2-1-3-7-15)20-12-14-13-24-18(21-14)16-8-4-5-10-19-16/h1-8,10,13H,9,11-12H2,(H,20,22). The van der Waals surface area contributed by atoms with Gasteiger partial charge in [-0.25, -0.2) is 4.98 Å². The van der Waals surface area contributed by atoms with Crippen molar-refractivity contribution in [2.45, 2.75) is 13.0 Å². The second-order valence-electron chi connectivity index (χ2n) is 5.05. The first-order valence-electron chi connectivity index (χ1n) is 7.61. The van der Waals surface area contributed by atoms with Crippen molar-refractivity contribution in [3.05, 3.63) is 65.8 Å². The molecule has 2 aromatic heterocycles. The first-order valence-corrected chi connectivity index (χ1v) is 8.49. The summed E-state index contributed by atoms with van der Waals surface area (Å²) in [6, 6.07) is 15.2. The summed E-state index contributed by atoms with van der Waals surface area (Å²) in [6.07, 6.45) is 2.05. The van der Waals surface area contributed by atoms with Gasteiger partial charge < -0.3 is 10.1 Å². The molecule has 0 saturated heterocycles. The number of para-hydroxylation sites is 1. The van der Waals surface area contributed by atoms with Crippen LogP contribution in [0.1, 0.15) is 12.1 Å². The minimum atomic E-state index is -0.0571. The highest BCUT2D eigenvalue weighted by molar-refractivity contribution is 7.13. The Morgan fingerprint density at radius 1 is 1.12 bits per heavy atom. The van der Waals surface area contributed by atoms with Crippen LogP contribution in [0.2, 0.25) is 0 Å². The topological polar surface area (TPSA) is 64.1 Å². The Bertz CT molecular complexity index is 775. The van der Waals surface area contributed by atoms with E-state index in [2.05, 4.69) is 15.3 Å². The fourth-order valence-corrected chi connectivity index (χ4v) is 2.85. The van der Waals surface area contributed by atoms with Crippen molar-refractivity contribution in [2.24, 2.45) is 0 Å². The lowest BCUT2D eigenvalue weighted by atomic mass is 10.3. The lowest BCUT2D eigenvalue weighted by Crippen LogP contribution is -2.24. The van der Waals surface area contributed by atoms with E-state index in [4.69, 9.17) is 4.74 Å². The van der Waals surface area contributed by atoms with Crippen molar-refractivity contribution >= 4 is 17.2 Å². The van der Waals surface area contributed by atoms with E-state index in [1.165, 1.54) is 11.3 Å². The van der Waals surface area contributed by atoms with Gasteiger partial charge in [0, 0.05) is 11.6 Å².